The van der Waals surface area contributed by atoms with Crippen molar-refractivity contribution in [3.05, 3.63) is 12.7 Å². The van der Waals surface area contributed by atoms with Crippen molar-refractivity contribution in [2.45, 2.75) is 90.8 Å². The molecule has 1 heterocycles. The SMILES string of the molecule is C=CCN=C1N(C2CCCCC2)CC(=O)[C@H](CC(C)C)N1C(=O)OC(C)(C)C. The first-order valence-corrected chi connectivity index (χ1v) is 10.6. The van der Waals surface area contributed by atoms with Crippen LogP contribution in [0, 0.1) is 5.92 Å². The minimum atomic E-state index is -0.640. The molecule has 158 valence electrons. The molecule has 0 unspecified atom stereocenters. The van der Waals surface area contributed by atoms with Crippen LogP contribution >= 0.6 is 0 Å². The summed E-state index contributed by atoms with van der Waals surface area (Å²) in [6.07, 6.45) is 7.39. The lowest BCUT2D eigenvalue weighted by molar-refractivity contribution is -0.126. The van der Waals surface area contributed by atoms with E-state index in [1.807, 2.05) is 25.7 Å². The predicted molar refractivity (Wildman–Crippen MR) is 112 cm³/mol. The molecule has 1 aliphatic carbocycles. The Kier molecular flexibility index (Phi) is 7.67. The van der Waals surface area contributed by atoms with Gasteiger partial charge in [0.2, 0.25) is 5.96 Å². The maximum atomic E-state index is 13.2. The Morgan fingerprint density at radius 2 is 1.93 bits per heavy atom. The second kappa shape index (κ2) is 9.57. The van der Waals surface area contributed by atoms with Crippen LogP contribution in [0.15, 0.2) is 17.6 Å². The fourth-order valence-electron chi connectivity index (χ4n) is 3.97. The molecule has 1 amide bonds. The average Bonchev–Trinajstić information content (AvgIpc) is 2.60. The molecule has 1 atom stereocenters. The van der Waals surface area contributed by atoms with Gasteiger partial charge in [0.1, 0.15) is 11.6 Å². The van der Waals surface area contributed by atoms with Crippen molar-refractivity contribution in [2.75, 3.05) is 13.1 Å². The van der Waals surface area contributed by atoms with Crippen LogP contribution in [0.2, 0.25) is 0 Å². The number of ketones is 1. The summed E-state index contributed by atoms with van der Waals surface area (Å²) in [7, 11) is 0. The van der Waals surface area contributed by atoms with Crippen molar-refractivity contribution >= 4 is 17.8 Å². The highest BCUT2D eigenvalue weighted by Crippen LogP contribution is 2.29. The number of guanidine groups is 1. The average molecular weight is 392 g/mol. The van der Waals surface area contributed by atoms with Gasteiger partial charge in [-0.3, -0.25) is 4.79 Å². The van der Waals surface area contributed by atoms with E-state index >= 15 is 0 Å². The molecule has 1 aliphatic heterocycles. The number of carbonyl (C=O) groups is 2. The first-order valence-electron chi connectivity index (χ1n) is 10.6. The third kappa shape index (κ3) is 5.82. The molecule has 2 aliphatic rings. The summed E-state index contributed by atoms with van der Waals surface area (Å²) < 4.78 is 5.68. The number of amides is 1. The number of rotatable bonds is 5. The lowest BCUT2D eigenvalue weighted by Gasteiger charge is -2.46. The highest BCUT2D eigenvalue weighted by atomic mass is 16.6. The van der Waals surface area contributed by atoms with Crippen LogP contribution in [0.3, 0.4) is 0 Å². The van der Waals surface area contributed by atoms with E-state index in [4.69, 9.17) is 4.74 Å². The molecule has 2 fully saturated rings. The largest absolute Gasteiger partial charge is 0.443 e. The molecule has 0 aromatic heterocycles. The lowest BCUT2D eigenvalue weighted by atomic mass is 9.91. The van der Waals surface area contributed by atoms with Crippen LogP contribution in [0.1, 0.15) is 73.1 Å². The zero-order valence-corrected chi connectivity index (χ0v) is 18.2. The molecule has 1 saturated heterocycles. The molecule has 0 spiro atoms. The van der Waals surface area contributed by atoms with E-state index < -0.39 is 17.7 Å². The molecular formula is C22H37N3O3. The minimum Gasteiger partial charge on any atom is -0.443 e. The Bertz CT molecular complexity index is 601. The molecule has 0 aromatic rings. The molecule has 0 N–H and O–H groups in total. The molecular weight excluding hydrogens is 354 g/mol. The zero-order valence-electron chi connectivity index (χ0n) is 18.2. The smallest absolute Gasteiger partial charge is 0.417 e. The summed E-state index contributed by atoms with van der Waals surface area (Å²) in [5, 5.41) is 0. The Morgan fingerprint density at radius 3 is 2.46 bits per heavy atom. The van der Waals surface area contributed by atoms with Gasteiger partial charge in [0.25, 0.3) is 0 Å². The topological polar surface area (TPSA) is 62.2 Å². The summed E-state index contributed by atoms with van der Waals surface area (Å²) >= 11 is 0. The van der Waals surface area contributed by atoms with E-state index in [2.05, 4.69) is 25.4 Å². The van der Waals surface area contributed by atoms with Crippen LogP contribution in [0.5, 0.6) is 0 Å². The zero-order chi connectivity index (χ0) is 20.9. The normalized spacial score (nSPS) is 23.4. The summed E-state index contributed by atoms with van der Waals surface area (Å²) in [6, 6.07) is -0.288. The fourth-order valence-corrected chi connectivity index (χ4v) is 3.97. The van der Waals surface area contributed by atoms with Crippen molar-refractivity contribution in [2.24, 2.45) is 10.9 Å². The first-order chi connectivity index (χ1) is 13.1. The number of ether oxygens (including phenoxy) is 1. The standard InChI is InChI=1S/C22H37N3O3/c1-7-13-23-20-24(17-11-9-8-10-12-17)15-19(26)18(14-16(2)3)25(20)21(27)28-22(4,5)6/h7,16-18H,1,8-15H2,2-6H3/t18-/m0/s1. The predicted octanol–water partition coefficient (Wildman–Crippen LogP) is 4.40. The molecule has 6 nitrogen and oxygen atoms in total. The van der Waals surface area contributed by atoms with Gasteiger partial charge in [0.05, 0.1) is 13.1 Å². The molecule has 28 heavy (non-hydrogen) atoms. The fraction of sp³-hybridized carbons (Fsp3) is 0.773. The monoisotopic (exact) mass is 391 g/mol. The summed E-state index contributed by atoms with van der Waals surface area (Å²) in [5.74, 6) is 0.926. The quantitative estimate of drug-likeness (QED) is 0.652. The number of hydrogen-bond donors (Lipinski definition) is 0. The van der Waals surface area contributed by atoms with Crippen molar-refractivity contribution < 1.29 is 14.3 Å². The molecule has 0 radical (unpaired) electrons. The summed E-state index contributed by atoms with van der Waals surface area (Å²) in [6.45, 7) is 14.1. The number of Topliss-reactive ketones (excluding diaryl/α,β-unsaturated/α-hetero) is 1. The van der Waals surface area contributed by atoms with Crippen molar-refractivity contribution in [1.29, 1.82) is 0 Å². The molecule has 0 bridgehead atoms. The van der Waals surface area contributed by atoms with E-state index in [0.717, 1.165) is 25.7 Å². The maximum absolute atomic E-state index is 13.2. The second-order valence-electron chi connectivity index (χ2n) is 9.31. The van der Waals surface area contributed by atoms with E-state index in [0.29, 0.717) is 25.5 Å². The highest BCUT2D eigenvalue weighted by Gasteiger charge is 2.45. The minimum absolute atomic E-state index is 0.0719. The van der Waals surface area contributed by atoms with E-state index in [1.54, 1.807) is 6.08 Å². The Hall–Kier alpha value is -1.85. The molecule has 0 aromatic carbocycles. The number of hydrogen-bond acceptors (Lipinski definition) is 4. The van der Waals surface area contributed by atoms with Crippen molar-refractivity contribution in [3.8, 4) is 0 Å². The summed E-state index contributed by atoms with van der Waals surface area (Å²) in [4.78, 5) is 34.5. The van der Waals surface area contributed by atoms with Crippen LogP contribution in [-0.2, 0) is 9.53 Å². The van der Waals surface area contributed by atoms with Crippen molar-refractivity contribution in [1.82, 2.24) is 9.80 Å². The van der Waals surface area contributed by atoms with Gasteiger partial charge in [-0.1, -0.05) is 39.2 Å². The van der Waals surface area contributed by atoms with Crippen LogP contribution in [0.25, 0.3) is 0 Å². The van der Waals surface area contributed by atoms with Gasteiger partial charge in [-0.2, -0.15) is 0 Å². The van der Waals surface area contributed by atoms with Gasteiger partial charge in [-0.05, 0) is 46.0 Å². The van der Waals surface area contributed by atoms with E-state index in [1.165, 1.54) is 11.3 Å². The van der Waals surface area contributed by atoms with E-state index in [-0.39, 0.29) is 17.7 Å². The van der Waals surface area contributed by atoms with Crippen LogP contribution < -0.4 is 0 Å². The molecule has 1 saturated carbocycles. The molecule has 6 heteroatoms. The maximum Gasteiger partial charge on any atom is 0.417 e. The lowest BCUT2D eigenvalue weighted by Crippen LogP contribution is -2.65. The van der Waals surface area contributed by atoms with Gasteiger partial charge in [0.15, 0.2) is 5.78 Å². The van der Waals surface area contributed by atoms with Gasteiger partial charge in [0, 0.05) is 6.04 Å². The molecule has 2 rings (SSSR count). The summed E-state index contributed by atoms with van der Waals surface area (Å²) in [5.41, 5.74) is -0.640. The van der Waals surface area contributed by atoms with Gasteiger partial charge >= 0.3 is 6.09 Å². The number of aliphatic imine (C=N–C) groups is 1. The van der Waals surface area contributed by atoms with Gasteiger partial charge in [-0.25, -0.2) is 14.7 Å². The number of nitrogens with zero attached hydrogens (tertiary/aromatic N) is 3. The second-order valence-corrected chi connectivity index (χ2v) is 9.31. The Morgan fingerprint density at radius 1 is 1.29 bits per heavy atom. The number of carbonyl (C=O) groups excluding carboxylic acids is 2. The van der Waals surface area contributed by atoms with Crippen molar-refractivity contribution in [3.63, 3.8) is 0 Å². The van der Waals surface area contributed by atoms with E-state index in [9.17, 15) is 9.59 Å². The van der Waals surface area contributed by atoms with Gasteiger partial charge in [-0.15, -0.1) is 6.58 Å². The highest BCUT2D eigenvalue weighted by molar-refractivity contribution is 6.05. The Balaban J connectivity index is 2.44. The third-order valence-electron chi connectivity index (χ3n) is 5.14. The third-order valence-corrected chi connectivity index (χ3v) is 5.14. The Labute approximate surface area is 170 Å². The van der Waals surface area contributed by atoms with Crippen LogP contribution in [-0.4, -0.2) is 58.4 Å². The van der Waals surface area contributed by atoms with Gasteiger partial charge < -0.3 is 9.64 Å². The first kappa shape index (κ1) is 22.4. The van der Waals surface area contributed by atoms with Crippen LogP contribution in [0.4, 0.5) is 4.79 Å².